The number of rotatable bonds is 4. The van der Waals surface area contributed by atoms with Gasteiger partial charge in [-0.25, -0.2) is 0 Å². The molecule has 0 rings (SSSR count). The fourth-order valence-corrected chi connectivity index (χ4v) is 1.91. The highest BCUT2D eigenvalue weighted by molar-refractivity contribution is 4.90. The van der Waals surface area contributed by atoms with Crippen molar-refractivity contribution in [1.82, 2.24) is 5.32 Å². The predicted molar refractivity (Wildman–Crippen MR) is 68.4 cm³/mol. The summed E-state index contributed by atoms with van der Waals surface area (Å²) >= 11 is 0. The third-order valence-corrected chi connectivity index (χ3v) is 2.11. The van der Waals surface area contributed by atoms with Crippen molar-refractivity contribution in [1.29, 1.82) is 0 Å². The van der Waals surface area contributed by atoms with Crippen molar-refractivity contribution in [3.05, 3.63) is 12.4 Å². The zero-order chi connectivity index (χ0) is 12.3. The molecule has 0 radical (unpaired) electrons. The van der Waals surface area contributed by atoms with Crippen molar-refractivity contribution in [2.45, 2.75) is 60.4 Å². The molecule has 0 aromatic carbocycles. The van der Waals surface area contributed by atoms with Crippen LogP contribution in [0.4, 0.5) is 0 Å². The van der Waals surface area contributed by atoms with Crippen molar-refractivity contribution < 1.29 is 0 Å². The first kappa shape index (κ1) is 14.3. The summed E-state index contributed by atoms with van der Waals surface area (Å²) in [5.74, 6) is 0.577. The maximum Gasteiger partial charge on any atom is 0.0888 e. The molecule has 90 valence electrons. The second kappa shape index (κ2) is 4.91. The van der Waals surface area contributed by atoms with Gasteiger partial charge in [0.1, 0.15) is 0 Å². The molecular weight excluding hydrogens is 184 g/mol. The molecule has 0 aromatic rings. The van der Waals surface area contributed by atoms with Crippen molar-refractivity contribution in [3.63, 3.8) is 0 Å². The Morgan fingerprint density at radius 2 is 1.40 bits per heavy atom. The van der Waals surface area contributed by atoms with E-state index in [0.717, 1.165) is 12.8 Å². The van der Waals surface area contributed by atoms with Gasteiger partial charge >= 0.3 is 0 Å². The second-order valence-electron chi connectivity index (χ2n) is 6.90. The number of nitrogens with two attached hydrogens (primary N) is 1. The number of hydrogen-bond donors (Lipinski definition) is 2. The van der Waals surface area contributed by atoms with E-state index in [-0.39, 0.29) is 0 Å². The van der Waals surface area contributed by atoms with Gasteiger partial charge in [0.15, 0.2) is 0 Å². The first-order valence-electron chi connectivity index (χ1n) is 5.70. The van der Waals surface area contributed by atoms with Crippen LogP contribution in [0.25, 0.3) is 0 Å². The van der Waals surface area contributed by atoms with Crippen LogP contribution < -0.4 is 11.1 Å². The van der Waals surface area contributed by atoms with E-state index in [0.29, 0.717) is 22.7 Å². The van der Waals surface area contributed by atoms with E-state index < -0.39 is 0 Å². The van der Waals surface area contributed by atoms with Gasteiger partial charge in [-0.2, -0.15) is 0 Å². The van der Waals surface area contributed by atoms with Gasteiger partial charge in [0.05, 0.1) is 5.82 Å². The standard InChI is InChI=1S/C13H28N2/c1-10(14)15-11(8-12(2,3)4)9-13(5,6)7/h11,15H,1,8-9,14H2,2-7H3. The van der Waals surface area contributed by atoms with E-state index in [1.807, 2.05) is 0 Å². The molecule has 0 bridgehead atoms. The molecule has 0 saturated heterocycles. The molecule has 2 heteroatoms. The van der Waals surface area contributed by atoms with Crippen LogP contribution >= 0.6 is 0 Å². The van der Waals surface area contributed by atoms with E-state index in [9.17, 15) is 0 Å². The minimum atomic E-state index is 0.318. The third-order valence-electron chi connectivity index (χ3n) is 2.11. The Balaban J connectivity index is 4.39. The van der Waals surface area contributed by atoms with Crippen LogP contribution in [-0.2, 0) is 0 Å². The summed E-state index contributed by atoms with van der Waals surface area (Å²) in [5.41, 5.74) is 6.26. The molecule has 15 heavy (non-hydrogen) atoms. The normalized spacial score (nSPS) is 13.0. The third kappa shape index (κ3) is 9.64. The molecule has 0 heterocycles. The topological polar surface area (TPSA) is 38.0 Å². The van der Waals surface area contributed by atoms with Crippen LogP contribution in [0.2, 0.25) is 0 Å². The molecule has 0 aliphatic rings. The lowest BCUT2D eigenvalue weighted by Crippen LogP contribution is -2.37. The first-order valence-corrected chi connectivity index (χ1v) is 5.70. The Labute approximate surface area is 95.3 Å². The lowest BCUT2D eigenvalue weighted by Gasteiger charge is -2.32. The molecule has 0 spiro atoms. The van der Waals surface area contributed by atoms with E-state index in [1.54, 1.807) is 0 Å². The molecular formula is C13H28N2. The Hall–Kier alpha value is -0.660. The second-order valence-corrected chi connectivity index (χ2v) is 6.90. The number of hydrogen-bond acceptors (Lipinski definition) is 2. The summed E-state index contributed by atoms with van der Waals surface area (Å²) in [5, 5.41) is 3.28. The van der Waals surface area contributed by atoms with E-state index in [2.05, 4.69) is 53.4 Å². The van der Waals surface area contributed by atoms with Gasteiger partial charge in [-0.15, -0.1) is 0 Å². The minimum absolute atomic E-state index is 0.318. The van der Waals surface area contributed by atoms with E-state index in [4.69, 9.17) is 5.73 Å². The highest BCUT2D eigenvalue weighted by Crippen LogP contribution is 2.28. The lowest BCUT2D eigenvalue weighted by molar-refractivity contribution is 0.249. The first-order chi connectivity index (χ1) is 6.49. The Morgan fingerprint density at radius 3 is 1.60 bits per heavy atom. The molecule has 3 N–H and O–H groups in total. The molecule has 0 atom stereocenters. The Morgan fingerprint density at radius 1 is 1.07 bits per heavy atom. The highest BCUT2D eigenvalue weighted by Gasteiger charge is 2.23. The summed E-state index contributed by atoms with van der Waals surface area (Å²) in [6.07, 6.45) is 2.22. The van der Waals surface area contributed by atoms with Crippen molar-refractivity contribution in [2.24, 2.45) is 16.6 Å². The molecule has 0 aliphatic carbocycles. The quantitative estimate of drug-likeness (QED) is 0.750. The van der Waals surface area contributed by atoms with Gasteiger partial charge in [0.2, 0.25) is 0 Å². The summed E-state index contributed by atoms with van der Waals surface area (Å²) in [7, 11) is 0. The molecule has 0 aromatic heterocycles. The largest absolute Gasteiger partial charge is 0.386 e. The predicted octanol–water partition coefficient (Wildman–Crippen LogP) is 3.25. The molecule has 0 fully saturated rings. The minimum Gasteiger partial charge on any atom is -0.386 e. The van der Waals surface area contributed by atoms with Crippen LogP contribution in [0.5, 0.6) is 0 Å². The smallest absolute Gasteiger partial charge is 0.0888 e. The van der Waals surface area contributed by atoms with Gasteiger partial charge in [-0.3, -0.25) is 0 Å². The molecule has 2 nitrogen and oxygen atoms in total. The van der Waals surface area contributed by atoms with Gasteiger partial charge in [0, 0.05) is 6.04 Å². The SMILES string of the molecule is C=C(N)NC(CC(C)(C)C)CC(C)(C)C. The van der Waals surface area contributed by atoms with Gasteiger partial charge < -0.3 is 11.1 Å². The maximum atomic E-state index is 5.63. The van der Waals surface area contributed by atoms with Crippen LogP contribution in [0, 0.1) is 10.8 Å². The lowest BCUT2D eigenvalue weighted by atomic mass is 9.80. The van der Waals surface area contributed by atoms with Crippen molar-refractivity contribution >= 4 is 0 Å². The zero-order valence-corrected chi connectivity index (χ0v) is 11.3. The van der Waals surface area contributed by atoms with E-state index in [1.165, 1.54) is 0 Å². The van der Waals surface area contributed by atoms with Gasteiger partial charge in [-0.1, -0.05) is 48.1 Å². The fraction of sp³-hybridized carbons (Fsp3) is 0.846. The molecule has 0 amide bonds. The molecule has 0 saturated carbocycles. The van der Waals surface area contributed by atoms with Crippen LogP contribution in [-0.4, -0.2) is 6.04 Å². The summed E-state index contributed by atoms with van der Waals surface area (Å²) in [4.78, 5) is 0. The van der Waals surface area contributed by atoms with Crippen LogP contribution in [0.15, 0.2) is 12.4 Å². The summed E-state index contributed by atoms with van der Waals surface area (Å²) < 4.78 is 0. The van der Waals surface area contributed by atoms with Crippen molar-refractivity contribution in [2.75, 3.05) is 0 Å². The zero-order valence-electron chi connectivity index (χ0n) is 11.3. The molecule has 0 unspecified atom stereocenters. The van der Waals surface area contributed by atoms with Crippen molar-refractivity contribution in [3.8, 4) is 0 Å². The average Bonchev–Trinajstić information content (AvgIpc) is 1.73. The Kier molecular flexibility index (Phi) is 4.69. The number of nitrogens with one attached hydrogen (secondary N) is 1. The summed E-state index contributed by atoms with van der Waals surface area (Å²) in [6, 6.07) is 0.419. The monoisotopic (exact) mass is 212 g/mol. The summed E-state index contributed by atoms with van der Waals surface area (Å²) in [6.45, 7) is 17.2. The van der Waals surface area contributed by atoms with Gasteiger partial charge in [-0.05, 0) is 23.7 Å². The van der Waals surface area contributed by atoms with E-state index >= 15 is 0 Å². The van der Waals surface area contributed by atoms with Gasteiger partial charge in [0.25, 0.3) is 0 Å². The fourth-order valence-electron chi connectivity index (χ4n) is 1.91. The maximum absolute atomic E-state index is 5.63. The molecule has 0 aliphatic heterocycles. The Bertz CT molecular complexity index is 190. The highest BCUT2D eigenvalue weighted by atomic mass is 15.0. The average molecular weight is 212 g/mol. The van der Waals surface area contributed by atoms with Crippen LogP contribution in [0.3, 0.4) is 0 Å². The van der Waals surface area contributed by atoms with Crippen LogP contribution in [0.1, 0.15) is 54.4 Å².